The lowest BCUT2D eigenvalue weighted by atomic mass is 10.1. The molecule has 0 fully saturated rings. The molecule has 0 rings (SSSR count). The van der Waals surface area contributed by atoms with Crippen LogP contribution < -0.4 is 5.32 Å². The molecule has 0 aromatic carbocycles. The highest BCUT2D eigenvalue weighted by Gasteiger charge is 2.16. The maximum absolute atomic E-state index is 11.6. The summed E-state index contributed by atoms with van der Waals surface area (Å²) in [4.78, 5) is 35.2. The predicted molar refractivity (Wildman–Crippen MR) is 67.1 cm³/mol. The summed E-state index contributed by atoms with van der Waals surface area (Å²) in [5, 5.41) is 10.9. The van der Waals surface area contributed by atoms with Crippen molar-refractivity contribution >= 4 is 17.9 Å². The third-order valence-corrected chi connectivity index (χ3v) is 2.64. The van der Waals surface area contributed by atoms with E-state index in [1.54, 1.807) is 7.05 Å². The smallest absolute Gasteiger partial charge is 0.331 e. The molecule has 0 atom stereocenters. The number of nitrogens with zero attached hydrogens (tertiary/aromatic N) is 1. The minimum Gasteiger partial charge on any atom is -0.478 e. The molecule has 0 unspecified atom stereocenters. The van der Waals surface area contributed by atoms with E-state index in [1.165, 1.54) is 18.7 Å². The molecule has 0 saturated heterocycles. The number of hydrogen-bond donors (Lipinski definition) is 2. The van der Waals surface area contributed by atoms with Gasteiger partial charge in [-0.1, -0.05) is 13.3 Å². The van der Waals surface area contributed by atoms with E-state index < -0.39 is 17.9 Å². The Kier molecular flexibility index (Phi) is 6.70. The van der Waals surface area contributed by atoms with Crippen molar-refractivity contribution in [2.24, 2.45) is 0 Å². The fraction of sp³-hybridized carbons (Fsp3) is 0.583. The number of aliphatic carboxylic acids is 1. The molecule has 6 heteroatoms. The molecular weight excluding hydrogens is 236 g/mol. The average molecular weight is 256 g/mol. The second-order valence-corrected chi connectivity index (χ2v) is 4.09. The van der Waals surface area contributed by atoms with Gasteiger partial charge in [-0.2, -0.15) is 0 Å². The summed E-state index contributed by atoms with van der Waals surface area (Å²) < 4.78 is 0. The number of amides is 3. The summed E-state index contributed by atoms with van der Waals surface area (Å²) in [5.74, 6) is -1.85. The van der Waals surface area contributed by atoms with Gasteiger partial charge in [0.2, 0.25) is 0 Å². The van der Waals surface area contributed by atoms with Gasteiger partial charge in [0.25, 0.3) is 5.91 Å². The zero-order valence-electron chi connectivity index (χ0n) is 11.2. The number of carboxylic acids is 1. The SMILES string of the molecule is CCCCN(C)C(=O)NC(=O)C(C)=C(C)C(=O)O. The first-order valence-electron chi connectivity index (χ1n) is 5.78. The molecule has 0 aromatic rings. The van der Waals surface area contributed by atoms with Crippen molar-refractivity contribution in [2.45, 2.75) is 33.6 Å². The number of carbonyl (C=O) groups is 3. The zero-order chi connectivity index (χ0) is 14.3. The molecule has 6 nitrogen and oxygen atoms in total. The van der Waals surface area contributed by atoms with E-state index >= 15 is 0 Å². The van der Waals surface area contributed by atoms with Crippen LogP contribution in [-0.4, -0.2) is 41.5 Å². The normalized spacial score (nSPS) is 11.6. The molecule has 0 saturated carbocycles. The Labute approximate surface area is 107 Å². The van der Waals surface area contributed by atoms with Crippen LogP contribution in [-0.2, 0) is 9.59 Å². The van der Waals surface area contributed by atoms with Gasteiger partial charge in [0.1, 0.15) is 0 Å². The molecule has 0 aliphatic rings. The van der Waals surface area contributed by atoms with E-state index in [0.29, 0.717) is 6.54 Å². The maximum atomic E-state index is 11.6. The summed E-state index contributed by atoms with van der Waals surface area (Å²) in [6.45, 7) is 5.25. The summed E-state index contributed by atoms with van der Waals surface area (Å²) >= 11 is 0. The number of carbonyl (C=O) groups excluding carboxylic acids is 2. The van der Waals surface area contributed by atoms with E-state index in [0.717, 1.165) is 12.8 Å². The van der Waals surface area contributed by atoms with Gasteiger partial charge in [-0.15, -0.1) is 0 Å². The molecule has 0 bridgehead atoms. The molecule has 0 aromatic heterocycles. The Balaban J connectivity index is 4.53. The lowest BCUT2D eigenvalue weighted by Gasteiger charge is -2.17. The van der Waals surface area contributed by atoms with Crippen LogP contribution in [0.15, 0.2) is 11.1 Å². The van der Waals surface area contributed by atoms with E-state index in [2.05, 4.69) is 5.32 Å². The second-order valence-electron chi connectivity index (χ2n) is 4.09. The molecule has 18 heavy (non-hydrogen) atoms. The zero-order valence-corrected chi connectivity index (χ0v) is 11.2. The molecule has 2 N–H and O–H groups in total. The minimum absolute atomic E-state index is 0.0275. The largest absolute Gasteiger partial charge is 0.478 e. The highest BCUT2D eigenvalue weighted by atomic mass is 16.4. The van der Waals surface area contributed by atoms with Gasteiger partial charge in [0.05, 0.1) is 0 Å². The van der Waals surface area contributed by atoms with Gasteiger partial charge >= 0.3 is 12.0 Å². The van der Waals surface area contributed by atoms with Gasteiger partial charge in [-0.25, -0.2) is 9.59 Å². The molecule has 0 heterocycles. The number of urea groups is 1. The first-order valence-corrected chi connectivity index (χ1v) is 5.78. The topological polar surface area (TPSA) is 86.7 Å². The second kappa shape index (κ2) is 7.47. The number of hydrogen-bond acceptors (Lipinski definition) is 3. The standard InChI is InChI=1S/C12H20N2O4/c1-5-6-7-14(4)12(18)13-10(15)8(2)9(3)11(16)17/h5-7H2,1-4H3,(H,16,17)(H,13,15,18). The fourth-order valence-corrected chi connectivity index (χ4v) is 1.11. The van der Waals surface area contributed by atoms with Crippen molar-refractivity contribution < 1.29 is 19.5 Å². The Morgan fingerprint density at radius 3 is 2.17 bits per heavy atom. The van der Waals surface area contributed by atoms with E-state index in [1.807, 2.05) is 6.92 Å². The summed E-state index contributed by atoms with van der Waals surface area (Å²) in [7, 11) is 1.58. The van der Waals surface area contributed by atoms with Crippen molar-refractivity contribution in [3.63, 3.8) is 0 Å². The van der Waals surface area contributed by atoms with Gasteiger partial charge < -0.3 is 10.0 Å². The monoisotopic (exact) mass is 256 g/mol. The van der Waals surface area contributed by atoms with Gasteiger partial charge in [0.15, 0.2) is 0 Å². The summed E-state index contributed by atoms with van der Waals surface area (Å²) in [5.41, 5.74) is -0.0451. The Morgan fingerprint density at radius 2 is 1.72 bits per heavy atom. The number of imide groups is 1. The molecule has 102 valence electrons. The van der Waals surface area contributed by atoms with Crippen LogP contribution in [0.5, 0.6) is 0 Å². The van der Waals surface area contributed by atoms with Crippen molar-refractivity contribution in [2.75, 3.05) is 13.6 Å². The Hall–Kier alpha value is -1.85. The van der Waals surface area contributed by atoms with Crippen molar-refractivity contribution in [3.8, 4) is 0 Å². The predicted octanol–water partition coefficient (Wildman–Crippen LogP) is 1.38. The number of rotatable bonds is 5. The third-order valence-electron chi connectivity index (χ3n) is 2.64. The molecular formula is C12H20N2O4. The van der Waals surface area contributed by atoms with Crippen LogP contribution in [0.2, 0.25) is 0 Å². The van der Waals surface area contributed by atoms with Crippen LogP contribution in [0, 0.1) is 0 Å². The first-order chi connectivity index (χ1) is 8.31. The van der Waals surface area contributed by atoms with Crippen molar-refractivity contribution in [3.05, 3.63) is 11.1 Å². The van der Waals surface area contributed by atoms with Crippen molar-refractivity contribution in [1.29, 1.82) is 0 Å². The lowest BCUT2D eigenvalue weighted by Crippen LogP contribution is -2.41. The van der Waals surface area contributed by atoms with Gasteiger partial charge in [-0.3, -0.25) is 10.1 Å². The summed E-state index contributed by atoms with van der Waals surface area (Å²) in [6, 6.07) is -0.522. The number of unbranched alkanes of at least 4 members (excludes halogenated alkanes) is 1. The average Bonchev–Trinajstić information content (AvgIpc) is 2.33. The highest BCUT2D eigenvalue weighted by molar-refractivity contribution is 6.07. The van der Waals surface area contributed by atoms with Crippen LogP contribution in [0.3, 0.4) is 0 Å². The molecule has 0 aliphatic carbocycles. The first kappa shape index (κ1) is 16.1. The van der Waals surface area contributed by atoms with E-state index in [-0.39, 0.29) is 11.1 Å². The Bertz CT molecular complexity index is 374. The Morgan fingerprint density at radius 1 is 1.17 bits per heavy atom. The molecule has 3 amide bonds. The number of carboxylic acid groups (broad SMARTS) is 1. The number of nitrogens with one attached hydrogen (secondary N) is 1. The third kappa shape index (κ3) is 4.99. The van der Waals surface area contributed by atoms with Crippen LogP contribution >= 0.6 is 0 Å². The maximum Gasteiger partial charge on any atom is 0.331 e. The highest BCUT2D eigenvalue weighted by Crippen LogP contribution is 2.03. The fourth-order valence-electron chi connectivity index (χ4n) is 1.11. The van der Waals surface area contributed by atoms with E-state index in [9.17, 15) is 14.4 Å². The molecule has 0 aliphatic heterocycles. The van der Waals surface area contributed by atoms with Crippen LogP contribution in [0.4, 0.5) is 4.79 Å². The summed E-state index contributed by atoms with van der Waals surface area (Å²) in [6.07, 6.45) is 1.80. The van der Waals surface area contributed by atoms with Gasteiger partial charge in [-0.05, 0) is 20.3 Å². The van der Waals surface area contributed by atoms with Gasteiger partial charge in [0, 0.05) is 24.7 Å². The molecule has 0 spiro atoms. The van der Waals surface area contributed by atoms with Crippen LogP contribution in [0.1, 0.15) is 33.6 Å². The molecule has 0 radical (unpaired) electrons. The lowest BCUT2D eigenvalue weighted by molar-refractivity contribution is -0.133. The van der Waals surface area contributed by atoms with E-state index in [4.69, 9.17) is 5.11 Å². The van der Waals surface area contributed by atoms with Crippen molar-refractivity contribution in [1.82, 2.24) is 10.2 Å². The minimum atomic E-state index is -1.17. The quantitative estimate of drug-likeness (QED) is 0.727. The van der Waals surface area contributed by atoms with Crippen LogP contribution in [0.25, 0.3) is 0 Å².